The number of ketones is 1. The van der Waals surface area contributed by atoms with E-state index in [1.165, 1.54) is 25.7 Å². The van der Waals surface area contributed by atoms with Gasteiger partial charge in [0.2, 0.25) is 0 Å². The molecule has 3 aliphatic rings. The Hall–Kier alpha value is -1.64. The highest BCUT2D eigenvalue weighted by atomic mass is 16.1. The number of nitrogens with one attached hydrogen (secondary N) is 1. The molecule has 1 N–H and O–H groups in total. The van der Waals surface area contributed by atoms with Gasteiger partial charge in [-0.05, 0) is 55.6 Å². The molecule has 0 heterocycles. The molecule has 3 nitrogen and oxygen atoms in total. The third-order valence-corrected chi connectivity index (χ3v) is 4.88. The largest absolute Gasteiger partial charge is 0.349 e. The van der Waals surface area contributed by atoms with Crippen LogP contribution in [0.5, 0.6) is 0 Å². The van der Waals surface area contributed by atoms with Crippen molar-refractivity contribution < 1.29 is 9.59 Å². The minimum Gasteiger partial charge on any atom is -0.349 e. The summed E-state index contributed by atoms with van der Waals surface area (Å²) in [7, 11) is 0. The van der Waals surface area contributed by atoms with E-state index in [1.54, 1.807) is 0 Å². The molecule has 0 spiro atoms. The number of carbonyl (C=O) groups excluding carboxylic acids is 2. The van der Waals surface area contributed by atoms with Gasteiger partial charge in [-0.3, -0.25) is 9.59 Å². The molecule has 0 radical (unpaired) electrons. The van der Waals surface area contributed by atoms with Crippen LogP contribution in [0.1, 0.15) is 58.4 Å². The SMILES string of the molecule is O=C1CCc2c1cccc2C(=O)NC(C1CC1)C1CC1. The van der Waals surface area contributed by atoms with Gasteiger partial charge in [0.05, 0.1) is 0 Å². The first-order valence-electron chi connectivity index (χ1n) is 7.70. The van der Waals surface area contributed by atoms with Crippen LogP contribution in [-0.2, 0) is 6.42 Å². The number of hydrogen-bond donors (Lipinski definition) is 1. The van der Waals surface area contributed by atoms with Crippen LogP contribution >= 0.6 is 0 Å². The summed E-state index contributed by atoms with van der Waals surface area (Å²) >= 11 is 0. The molecule has 1 amide bonds. The van der Waals surface area contributed by atoms with Gasteiger partial charge in [-0.25, -0.2) is 0 Å². The summed E-state index contributed by atoms with van der Waals surface area (Å²) in [5.74, 6) is 1.60. The lowest BCUT2D eigenvalue weighted by Crippen LogP contribution is -2.38. The van der Waals surface area contributed by atoms with E-state index in [-0.39, 0.29) is 11.7 Å². The molecule has 0 aliphatic heterocycles. The van der Waals surface area contributed by atoms with Gasteiger partial charge >= 0.3 is 0 Å². The third kappa shape index (κ3) is 2.05. The van der Waals surface area contributed by atoms with Gasteiger partial charge in [-0.1, -0.05) is 12.1 Å². The number of amides is 1. The van der Waals surface area contributed by atoms with Crippen LogP contribution in [0.3, 0.4) is 0 Å². The van der Waals surface area contributed by atoms with Crippen molar-refractivity contribution in [3.05, 3.63) is 34.9 Å². The van der Waals surface area contributed by atoms with Crippen LogP contribution in [0.25, 0.3) is 0 Å². The summed E-state index contributed by atoms with van der Waals surface area (Å²) in [6, 6.07) is 5.92. The molecule has 0 aromatic heterocycles. The molecule has 3 heteroatoms. The number of rotatable bonds is 4. The fourth-order valence-electron chi connectivity index (χ4n) is 3.46. The lowest BCUT2D eigenvalue weighted by Gasteiger charge is -2.18. The zero-order valence-corrected chi connectivity index (χ0v) is 11.5. The van der Waals surface area contributed by atoms with Gasteiger partial charge in [-0.15, -0.1) is 0 Å². The molecular weight excluding hydrogens is 250 g/mol. The van der Waals surface area contributed by atoms with Crippen molar-refractivity contribution >= 4 is 11.7 Å². The Kier molecular flexibility index (Phi) is 2.69. The van der Waals surface area contributed by atoms with Crippen LogP contribution in [0.15, 0.2) is 18.2 Å². The lowest BCUT2D eigenvalue weighted by molar-refractivity contribution is 0.0925. The molecule has 0 saturated heterocycles. The number of Topliss-reactive ketones (excluding diaryl/α,β-unsaturated/α-hetero) is 1. The Morgan fingerprint density at radius 3 is 2.45 bits per heavy atom. The second kappa shape index (κ2) is 4.44. The van der Waals surface area contributed by atoms with Crippen molar-refractivity contribution in [3.8, 4) is 0 Å². The van der Waals surface area contributed by atoms with E-state index >= 15 is 0 Å². The molecular formula is C17H19NO2. The monoisotopic (exact) mass is 269 g/mol. The first kappa shape index (κ1) is 12.1. The van der Waals surface area contributed by atoms with Crippen LogP contribution in [0.4, 0.5) is 0 Å². The summed E-state index contributed by atoms with van der Waals surface area (Å²) in [6.07, 6.45) is 6.29. The fraction of sp³-hybridized carbons (Fsp3) is 0.529. The van der Waals surface area contributed by atoms with E-state index in [0.717, 1.165) is 23.1 Å². The number of carbonyl (C=O) groups is 2. The molecule has 0 atom stereocenters. The maximum Gasteiger partial charge on any atom is 0.251 e. The number of hydrogen-bond acceptors (Lipinski definition) is 2. The van der Waals surface area contributed by atoms with E-state index in [0.29, 0.717) is 24.3 Å². The topological polar surface area (TPSA) is 46.2 Å². The molecule has 4 rings (SSSR count). The quantitative estimate of drug-likeness (QED) is 0.913. The molecule has 3 aliphatic carbocycles. The van der Waals surface area contributed by atoms with Crippen molar-refractivity contribution in [3.63, 3.8) is 0 Å². The first-order valence-corrected chi connectivity index (χ1v) is 7.70. The average molecular weight is 269 g/mol. The highest BCUT2D eigenvalue weighted by molar-refractivity contribution is 6.05. The van der Waals surface area contributed by atoms with Crippen molar-refractivity contribution in [2.45, 2.75) is 44.6 Å². The zero-order valence-electron chi connectivity index (χ0n) is 11.5. The zero-order chi connectivity index (χ0) is 13.7. The van der Waals surface area contributed by atoms with Crippen molar-refractivity contribution in [1.82, 2.24) is 5.32 Å². The molecule has 1 aromatic carbocycles. The standard InChI is InChI=1S/C17H19NO2/c19-15-9-8-12-13(15)2-1-3-14(12)17(20)18-16(10-4-5-10)11-6-7-11/h1-3,10-11,16H,4-9H2,(H,18,20). The van der Waals surface area contributed by atoms with E-state index in [1.807, 2.05) is 18.2 Å². The minimum absolute atomic E-state index is 0.0281. The summed E-state index contributed by atoms with van der Waals surface area (Å²) in [4.78, 5) is 24.3. The number of fused-ring (bicyclic) bond motifs is 1. The predicted molar refractivity (Wildman–Crippen MR) is 75.8 cm³/mol. The third-order valence-electron chi connectivity index (χ3n) is 4.88. The molecule has 2 saturated carbocycles. The second-order valence-electron chi connectivity index (χ2n) is 6.43. The van der Waals surface area contributed by atoms with Gasteiger partial charge < -0.3 is 5.32 Å². The van der Waals surface area contributed by atoms with Gasteiger partial charge in [0.1, 0.15) is 0 Å². The summed E-state index contributed by atoms with van der Waals surface area (Å²) in [6.45, 7) is 0. The van der Waals surface area contributed by atoms with Gasteiger partial charge in [0.15, 0.2) is 5.78 Å². The summed E-state index contributed by atoms with van der Waals surface area (Å²) < 4.78 is 0. The summed E-state index contributed by atoms with van der Waals surface area (Å²) in [5.41, 5.74) is 2.44. The number of benzene rings is 1. The van der Waals surface area contributed by atoms with Crippen molar-refractivity contribution in [2.24, 2.45) is 11.8 Å². The van der Waals surface area contributed by atoms with Gasteiger partial charge in [-0.2, -0.15) is 0 Å². The molecule has 20 heavy (non-hydrogen) atoms. The molecule has 0 bridgehead atoms. The van der Waals surface area contributed by atoms with Crippen molar-refractivity contribution in [2.75, 3.05) is 0 Å². The Balaban J connectivity index is 1.58. The Labute approximate surface area is 118 Å². The second-order valence-corrected chi connectivity index (χ2v) is 6.43. The van der Waals surface area contributed by atoms with Crippen LogP contribution in [0.2, 0.25) is 0 Å². The van der Waals surface area contributed by atoms with E-state index in [4.69, 9.17) is 0 Å². The average Bonchev–Trinajstić information content (AvgIpc) is 3.36. The van der Waals surface area contributed by atoms with Crippen LogP contribution in [0, 0.1) is 11.8 Å². The van der Waals surface area contributed by atoms with Crippen LogP contribution < -0.4 is 5.32 Å². The van der Waals surface area contributed by atoms with Crippen molar-refractivity contribution in [1.29, 1.82) is 0 Å². The molecule has 1 aromatic rings. The smallest absolute Gasteiger partial charge is 0.251 e. The lowest BCUT2D eigenvalue weighted by atomic mass is 10.0. The van der Waals surface area contributed by atoms with Crippen LogP contribution in [-0.4, -0.2) is 17.7 Å². The maximum atomic E-state index is 12.6. The Bertz CT molecular complexity index is 573. The highest BCUT2D eigenvalue weighted by Crippen LogP contribution is 2.44. The minimum atomic E-state index is 0.0281. The Morgan fingerprint density at radius 2 is 1.80 bits per heavy atom. The van der Waals surface area contributed by atoms with Gasteiger partial charge in [0, 0.05) is 23.6 Å². The van der Waals surface area contributed by atoms with E-state index in [2.05, 4.69) is 5.32 Å². The predicted octanol–water partition coefficient (Wildman–Crippen LogP) is 2.73. The highest BCUT2D eigenvalue weighted by Gasteiger charge is 2.42. The van der Waals surface area contributed by atoms with Gasteiger partial charge in [0.25, 0.3) is 5.91 Å². The Morgan fingerprint density at radius 1 is 1.10 bits per heavy atom. The summed E-state index contributed by atoms with van der Waals surface area (Å²) in [5, 5.41) is 3.25. The van der Waals surface area contributed by atoms with E-state index < -0.39 is 0 Å². The molecule has 2 fully saturated rings. The van der Waals surface area contributed by atoms with E-state index in [9.17, 15) is 9.59 Å². The fourth-order valence-corrected chi connectivity index (χ4v) is 3.46. The molecule has 0 unspecified atom stereocenters. The first-order chi connectivity index (χ1) is 9.74. The normalized spacial score (nSPS) is 21.1. The molecule has 104 valence electrons. The maximum absolute atomic E-state index is 12.6.